The van der Waals surface area contributed by atoms with E-state index < -0.39 is 26.0 Å². The summed E-state index contributed by atoms with van der Waals surface area (Å²) in [5.74, 6) is -1.32. The van der Waals surface area contributed by atoms with Gasteiger partial charge < -0.3 is 5.11 Å². The summed E-state index contributed by atoms with van der Waals surface area (Å²) >= 11 is 0.824. The van der Waals surface area contributed by atoms with Crippen LogP contribution in [0.3, 0.4) is 0 Å². The van der Waals surface area contributed by atoms with Gasteiger partial charge in [0.2, 0.25) is 20.0 Å². The number of aryl methyl sites for hydroxylation is 1. The molecule has 1 heterocycles. The molecule has 0 aliphatic rings. The van der Waals surface area contributed by atoms with Crippen LogP contribution in [0.15, 0.2) is 10.3 Å². The van der Waals surface area contributed by atoms with Crippen LogP contribution in [-0.2, 0) is 20.0 Å². The molecule has 0 atom stereocenters. The Hall–Kier alpha value is -1.01. The van der Waals surface area contributed by atoms with Gasteiger partial charge >= 0.3 is 5.97 Å². The maximum Gasteiger partial charge on any atom is 0.347 e. The van der Waals surface area contributed by atoms with Crippen molar-refractivity contribution in [2.75, 3.05) is 19.3 Å². The summed E-state index contributed by atoms with van der Waals surface area (Å²) in [6, 6.07) is 0. The van der Waals surface area contributed by atoms with E-state index in [0.717, 1.165) is 17.6 Å². The fourth-order valence-corrected chi connectivity index (χ4v) is 4.54. The Morgan fingerprint density at radius 3 is 2.30 bits per heavy atom. The molecule has 0 unspecified atom stereocenters. The molecular weight excluding hydrogens is 328 g/mol. The molecule has 0 aliphatic heterocycles. The monoisotopic (exact) mass is 342 g/mol. The van der Waals surface area contributed by atoms with Crippen LogP contribution in [0.2, 0.25) is 0 Å². The number of nitrogens with one attached hydrogen (secondary N) is 2. The van der Waals surface area contributed by atoms with Crippen molar-refractivity contribution in [2.24, 2.45) is 0 Å². The van der Waals surface area contributed by atoms with E-state index >= 15 is 0 Å². The second kappa shape index (κ2) is 6.18. The van der Waals surface area contributed by atoms with Crippen molar-refractivity contribution in [3.63, 3.8) is 0 Å². The highest BCUT2D eigenvalue weighted by atomic mass is 32.2. The number of hydrogen-bond donors (Lipinski definition) is 3. The predicted octanol–water partition coefficient (Wildman–Crippen LogP) is -0.418. The van der Waals surface area contributed by atoms with Crippen LogP contribution < -0.4 is 9.44 Å². The number of carboxylic acids is 1. The lowest BCUT2D eigenvalue weighted by Crippen LogP contribution is -2.34. The third kappa shape index (κ3) is 4.52. The molecule has 0 radical (unpaired) electrons. The average Bonchev–Trinajstić information content (AvgIpc) is 2.66. The third-order valence-corrected chi connectivity index (χ3v) is 5.75. The molecule has 0 spiro atoms. The number of hydrogen-bond acceptors (Lipinski definition) is 6. The van der Waals surface area contributed by atoms with E-state index in [1.807, 2.05) is 0 Å². The van der Waals surface area contributed by atoms with Gasteiger partial charge in [0.15, 0.2) is 0 Å². The molecule has 3 N–H and O–H groups in total. The average molecular weight is 342 g/mol. The topological polar surface area (TPSA) is 130 Å². The van der Waals surface area contributed by atoms with Gasteiger partial charge in [-0.15, -0.1) is 11.3 Å². The first-order chi connectivity index (χ1) is 9.04. The Morgan fingerprint density at radius 2 is 1.80 bits per heavy atom. The quantitative estimate of drug-likeness (QED) is 0.577. The maximum atomic E-state index is 12.0. The number of sulfonamides is 2. The van der Waals surface area contributed by atoms with Crippen LogP contribution in [0.25, 0.3) is 0 Å². The lowest BCUT2D eigenvalue weighted by atomic mass is 10.3. The highest BCUT2D eigenvalue weighted by Crippen LogP contribution is 2.26. The Morgan fingerprint density at radius 1 is 1.25 bits per heavy atom. The molecule has 20 heavy (non-hydrogen) atoms. The van der Waals surface area contributed by atoms with Crippen molar-refractivity contribution in [1.82, 2.24) is 9.44 Å². The molecule has 11 heteroatoms. The van der Waals surface area contributed by atoms with Crippen molar-refractivity contribution in [2.45, 2.75) is 11.8 Å². The van der Waals surface area contributed by atoms with Crippen molar-refractivity contribution >= 4 is 37.4 Å². The van der Waals surface area contributed by atoms with Crippen LogP contribution in [0.5, 0.6) is 0 Å². The molecule has 114 valence electrons. The zero-order chi connectivity index (χ0) is 15.6. The molecule has 1 aromatic heterocycles. The predicted molar refractivity (Wildman–Crippen MR) is 74.1 cm³/mol. The highest BCUT2D eigenvalue weighted by Gasteiger charge is 2.26. The van der Waals surface area contributed by atoms with Gasteiger partial charge in [-0.3, -0.25) is 0 Å². The van der Waals surface area contributed by atoms with Crippen LogP contribution in [0.1, 0.15) is 15.2 Å². The molecule has 0 saturated carbocycles. The molecular formula is C9H14N2O6S3. The first kappa shape index (κ1) is 17.0. The van der Waals surface area contributed by atoms with E-state index in [9.17, 15) is 21.6 Å². The lowest BCUT2D eigenvalue weighted by Gasteiger charge is -2.08. The van der Waals surface area contributed by atoms with E-state index in [4.69, 9.17) is 5.11 Å². The summed E-state index contributed by atoms with van der Waals surface area (Å²) in [4.78, 5) is 10.4. The van der Waals surface area contributed by atoms with Gasteiger partial charge in [0, 0.05) is 13.1 Å². The van der Waals surface area contributed by atoms with Gasteiger partial charge in [-0.1, -0.05) is 0 Å². The largest absolute Gasteiger partial charge is 0.477 e. The number of rotatable bonds is 7. The molecule has 1 aromatic rings. The van der Waals surface area contributed by atoms with Gasteiger partial charge in [0.1, 0.15) is 9.77 Å². The minimum atomic E-state index is -4.00. The number of thiophene rings is 1. The molecule has 0 aromatic carbocycles. The third-order valence-electron chi connectivity index (χ3n) is 2.16. The Labute approximate surface area is 120 Å². The number of aromatic carboxylic acids is 1. The van der Waals surface area contributed by atoms with Gasteiger partial charge in [-0.05, 0) is 17.9 Å². The standard InChI is InChI=1S/C9H14N2O6S3/c1-6-5-18-7(9(12)13)8(6)20(16,17)11-4-3-10-19(2,14)15/h5,10-11H,3-4H2,1-2H3,(H,12,13). The first-order valence-electron chi connectivity index (χ1n) is 5.30. The summed E-state index contributed by atoms with van der Waals surface area (Å²) < 4.78 is 50.0. The summed E-state index contributed by atoms with van der Waals surface area (Å²) in [6.45, 7) is 1.19. The summed E-state index contributed by atoms with van der Waals surface area (Å²) in [7, 11) is -7.40. The van der Waals surface area contributed by atoms with Crippen LogP contribution in [-0.4, -0.2) is 47.3 Å². The molecule has 8 nitrogen and oxygen atoms in total. The van der Waals surface area contributed by atoms with E-state index in [1.54, 1.807) is 0 Å². The van der Waals surface area contributed by atoms with Crippen molar-refractivity contribution in [3.05, 3.63) is 15.8 Å². The smallest absolute Gasteiger partial charge is 0.347 e. The maximum absolute atomic E-state index is 12.0. The number of carboxylic acid groups (broad SMARTS) is 1. The molecule has 0 amide bonds. The molecule has 0 fully saturated rings. The van der Waals surface area contributed by atoms with E-state index in [-0.39, 0.29) is 22.9 Å². The van der Waals surface area contributed by atoms with Crippen LogP contribution >= 0.6 is 11.3 Å². The Bertz CT molecular complexity index is 704. The Kier molecular flexibility index (Phi) is 5.27. The summed E-state index contributed by atoms with van der Waals surface area (Å²) in [6.07, 6.45) is 0.951. The Balaban J connectivity index is 2.85. The second-order valence-corrected chi connectivity index (χ2v) is 8.36. The molecule has 1 rings (SSSR count). The van der Waals surface area contributed by atoms with E-state index in [1.165, 1.54) is 12.3 Å². The van der Waals surface area contributed by atoms with Crippen LogP contribution in [0.4, 0.5) is 0 Å². The van der Waals surface area contributed by atoms with Crippen LogP contribution in [0, 0.1) is 6.92 Å². The molecule has 0 saturated heterocycles. The van der Waals surface area contributed by atoms with Gasteiger partial charge in [0.05, 0.1) is 6.26 Å². The normalized spacial score (nSPS) is 12.5. The molecule has 0 bridgehead atoms. The zero-order valence-corrected chi connectivity index (χ0v) is 13.2. The molecule has 0 aliphatic carbocycles. The zero-order valence-electron chi connectivity index (χ0n) is 10.7. The fourth-order valence-electron chi connectivity index (χ4n) is 1.41. The lowest BCUT2D eigenvalue weighted by molar-refractivity contribution is 0.0698. The van der Waals surface area contributed by atoms with E-state index in [0.29, 0.717) is 5.56 Å². The van der Waals surface area contributed by atoms with Crippen molar-refractivity contribution in [1.29, 1.82) is 0 Å². The SMILES string of the molecule is Cc1csc(C(=O)O)c1S(=O)(=O)NCCNS(C)(=O)=O. The van der Waals surface area contributed by atoms with E-state index in [2.05, 4.69) is 9.44 Å². The van der Waals surface area contributed by atoms with Gasteiger partial charge in [0.25, 0.3) is 0 Å². The fraction of sp³-hybridized carbons (Fsp3) is 0.444. The van der Waals surface area contributed by atoms with Gasteiger partial charge in [-0.25, -0.2) is 31.1 Å². The summed E-state index contributed by atoms with van der Waals surface area (Å²) in [5.41, 5.74) is 0.330. The first-order valence-corrected chi connectivity index (χ1v) is 9.55. The number of carbonyl (C=O) groups is 1. The van der Waals surface area contributed by atoms with Gasteiger partial charge in [-0.2, -0.15) is 0 Å². The summed E-state index contributed by atoms with van der Waals surface area (Å²) in [5, 5.41) is 10.4. The van der Waals surface area contributed by atoms with Crippen molar-refractivity contribution < 1.29 is 26.7 Å². The minimum Gasteiger partial charge on any atom is -0.477 e. The minimum absolute atomic E-state index is 0.121. The van der Waals surface area contributed by atoms with Crippen molar-refractivity contribution in [3.8, 4) is 0 Å². The second-order valence-electron chi connectivity index (χ2n) is 3.95. The highest BCUT2D eigenvalue weighted by molar-refractivity contribution is 7.90.